The topological polar surface area (TPSA) is 26.3 Å². The summed E-state index contributed by atoms with van der Waals surface area (Å²) in [5.41, 5.74) is 0.592. The van der Waals surface area contributed by atoms with Crippen molar-refractivity contribution in [2.75, 3.05) is 0 Å². The van der Waals surface area contributed by atoms with Crippen molar-refractivity contribution in [2.45, 2.75) is 0 Å². The van der Waals surface area contributed by atoms with Crippen molar-refractivity contribution < 1.29 is 26.6 Å². The standard InChI is InChI=1S/C16H11O2.C5H5.Fe/c17-16(18-13-8-2-3-9-13)15-11-5-7-12-6-1-4-10-14(12)15;1-2-4-5-3-1;/h1-11H;1-5H;/q2*-1;+2. The SMILES string of the molecule is O=C(O[c-]1cccc1)c1cccc2ccccc12.[Fe+2].c1cc[cH-]c1. The Hall–Kier alpha value is -2.61. The molecule has 0 amide bonds. The molecule has 0 aromatic heterocycles. The van der Waals surface area contributed by atoms with Gasteiger partial charge in [-0.2, -0.15) is 30.3 Å². The van der Waals surface area contributed by atoms with Crippen molar-refractivity contribution in [3.63, 3.8) is 0 Å². The predicted molar refractivity (Wildman–Crippen MR) is 93.0 cm³/mol. The van der Waals surface area contributed by atoms with Crippen LogP contribution in [0.25, 0.3) is 10.8 Å². The second-order valence-corrected chi connectivity index (χ2v) is 5.00. The molecule has 3 heteroatoms. The number of fused-ring (bicyclic) bond motifs is 1. The zero-order valence-electron chi connectivity index (χ0n) is 12.9. The maximum absolute atomic E-state index is 12.1. The van der Waals surface area contributed by atoms with Crippen LogP contribution >= 0.6 is 0 Å². The molecule has 0 atom stereocenters. The number of benzene rings is 2. The first kappa shape index (κ1) is 17.7. The largest absolute Gasteiger partial charge is 2.00 e. The Balaban J connectivity index is 0.000000300. The van der Waals surface area contributed by atoms with E-state index < -0.39 is 0 Å². The molecule has 4 aromatic rings. The van der Waals surface area contributed by atoms with Gasteiger partial charge >= 0.3 is 17.1 Å². The summed E-state index contributed by atoms with van der Waals surface area (Å²) in [5.74, 6) is 0.255. The molecule has 0 aliphatic rings. The van der Waals surface area contributed by atoms with Crippen LogP contribution in [0.5, 0.6) is 5.75 Å². The van der Waals surface area contributed by atoms with E-state index in [1.54, 1.807) is 18.2 Å². The van der Waals surface area contributed by atoms with E-state index >= 15 is 0 Å². The summed E-state index contributed by atoms with van der Waals surface area (Å²) in [4.78, 5) is 12.1. The molecule has 0 N–H and O–H groups in total. The number of rotatable bonds is 2. The third kappa shape index (κ3) is 4.45. The third-order valence-corrected chi connectivity index (χ3v) is 3.41. The van der Waals surface area contributed by atoms with Crippen LogP contribution in [0.4, 0.5) is 0 Å². The quantitative estimate of drug-likeness (QED) is 0.281. The first-order valence-electron chi connectivity index (χ1n) is 7.43. The first-order chi connectivity index (χ1) is 11.3. The van der Waals surface area contributed by atoms with E-state index in [-0.39, 0.29) is 23.0 Å². The fourth-order valence-electron chi connectivity index (χ4n) is 2.31. The van der Waals surface area contributed by atoms with Gasteiger partial charge in [-0.05, 0) is 10.8 Å². The van der Waals surface area contributed by atoms with Crippen molar-refractivity contribution in [3.8, 4) is 5.75 Å². The minimum atomic E-state index is -0.321. The van der Waals surface area contributed by atoms with Gasteiger partial charge in [0, 0.05) is 11.3 Å². The minimum Gasteiger partial charge on any atom is -0.514 e. The Morgan fingerprint density at radius 1 is 0.833 bits per heavy atom. The van der Waals surface area contributed by atoms with Crippen molar-refractivity contribution in [3.05, 3.63) is 103 Å². The van der Waals surface area contributed by atoms with Crippen LogP contribution < -0.4 is 4.74 Å². The fourth-order valence-corrected chi connectivity index (χ4v) is 2.31. The molecular formula is C21H16FeO2. The summed E-state index contributed by atoms with van der Waals surface area (Å²) in [5, 5.41) is 1.95. The molecule has 0 aliphatic heterocycles. The number of hydrogen-bond donors (Lipinski definition) is 0. The van der Waals surface area contributed by atoms with Crippen molar-refractivity contribution in [2.24, 2.45) is 0 Å². The van der Waals surface area contributed by atoms with Crippen LogP contribution in [0.1, 0.15) is 10.4 Å². The van der Waals surface area contributed by atoms with Gasteiger partial charge in [0.15, 0.2) is 0 Å². The molecule has 0 saturated carbocycles. The molecule has 0 spiro atoms. The van der Waals surface area contributed by atoms with Gasteiger partial charge in [-0.25, -0.2) is 12.1 Å². The van der Waals surface area contributed by atoms with Gasteiger partial charge in [0.2, 0.25) is 0 Å². The molecule has 24 heavy (non-hydrogen) atoms. The summed E-state index contributed by atoms with van der Waals surface area (Å²) >= 11 is 0. The Labute approximate surface area is 151 Å². The van der Waals surface area contributed by atoms with Crippen molar-refractivity contribution in [1.29, 1.82) is 0 Å². The molecule has 2 nitrogen and oxygen atoms in total. The van der Waals surface area contributed by atoms with Gasteiger partial charge in [0.1, 0.15) is 0 Å². The van der Waals surface area contributed by atoms with E-state index in [1.807, 2.05) is 78.9 Å². The zero-order valence-corrected chi connectivity index (χ0v) is 14.0. The summed E-state index contributed by atoms with van der Waals surface area (Å²) in [6.45, 7) is 0. The first-order valence-corrected chi connectivity index (χ1v) is 7.43. The number of esters is 1. The normalized spacial score (nSPS) is 9.50. The summed E-state index contributed by atoms with van der Waals surface area (Å²) < 4.78 is 5.31. The maximum Gasteiger partial charge on any atom is 2.00 e. The van der Waals surface area contributed by atoms with Crippen LogP contribution in [0, 0.1) is 0 Å². The average molecular weight is 356 g/mol. The molecule has 120 valence electrons. The van der Waals surface area contributed by atoms with Crippen molar-refractivity contribution in [1.82, 2.24) is 0 Å². The fraction of sp³-hybridized carbons (Fsp3) is 0. The molecule has 4 aromatic carbocycles. The van der Waals surface area contributed by atoms with Crippen molar-refractivity contribution >= 4 is 16.7 Å². The van der Waals surface area contributed by atoms with Gasteiger partial charge < -0.3 is 9.53 Å². The Kier molecular flexibility index (Phi) is 6.56. The second kappa shape index (κ2) is 8.87. The Morgan fingerprint density at radius 2 is 1.50 bits per heavy atom. The Bertz CT molecular complexity index is 839. The molecule has 0 saturated heterocycles. The second-order valence-electron chi connectivity index (χ2n) is 5.00. The average Bonchev–Trinajstić information content (AvgIpc) is 3.30. The van der Waals surface area contributed by atoms with Gasteiger partial charge in [-0.1, -0.05) is 42.5 Å². The van der Waals surface area contributed by atoms with E-state index in [9.17, 15) is 4.79 Å². The minimum absolute atomic E-state index is 0. The zero-order chi connectivity index (χ0) is 15.9. The monoisotopic (exact) mass is 356 g/mol. The van der Waals surface area contributed by atoms with Crippen LogP contribution in [-0.4, -0.2) is 5.97 Å². The van der Waals surface area contributed by atoms with Gasteiger partial charge in [0.25, 0.3) is 5.97 Å². The molecule has 0 fully saturated rings. The predicted octanol–water partition coefficient (Wildman–Crippen LogP) is 5.18. The molecule has 0 unspecified atom stereocenters. The molecule has 0 bridgehead atoms. The van der Waals surface area contributed by atoms with Crippen LogP contribution in [-0.2, 0) is 17.1 Å². The van der Waals surface area contributed by atoms with Crippen LogP contribution in [0.3, 0.4) is 0 Å². The van der Waals surface area contributed by atoms with E-state index in [1.165, 1.54) is 0 Å². The summed E-state index contributed by atoms with van der Waals surface area (Å²) in [7, 11) is 0. The van der Waals surface area contributed by atoms with E-state index in [0.29, 0.717) is 11.3 Å². The molecule has 0 heterocycles. The van der Waals surface area contributed by atoms with Crippen LogP contribution in [0.15, 0.2) is 97.1 Å². The smallest absolute Gasteiger partial charge is 0.514 e. The number of hydrogen-bond acceptors (Lipinski definition) is 2. The molecule has 0 radical (unpaired) electrons. The summed E-state index contributed by atoms with van der Waals surface area (Å²) in [6.07, 6.45) is 0. The van der Waals surface area contributed by atoms with Crippen LogP contribution in [0.2, 0.25) is 0 Å². The van der Waals surface area contributed by atoms with Gasteiger partial charge in [0.05, 0.1) is 0 Å². The molecule has 0 aliphatic carbocycles. The van der Waals surface area contributed by atoms with Gasteiger partial charge in [-0.15, -0.1) is 12.1 Å². The Morgan fingerprint density at radius 3 is 2.17 bits per heavy atom. The third-order valence-electron chi connectivity index (χ3n) is 3.41. The van der Waals surface area contributed by atoms with E-state index in [2.05, 4.69) is 0 Å². The number of carbonyl (C=O) groups is 1. The van der Waals surface area contributed by atoms with E-state index in [0.717, 1.165) is 10.8 Å². The van der Waals surface area contributed by atoms with E-state index in [4.69, 9.17) is 4.74 Å². The molecular weight excluding hydrogens is 340 g/mol. The summed E-state index contributed by atoms with van der Waals surface area (Å²) in [6, 6.07) is 30.6. The molecule has 4 rings (SSSR count). The maximum atomic E-state index is 12.1. The number of ether oxygens (including phenoxy) is 1. The van der Waals surface area contributed by atoms with Gasteiger partial charge in [-0.3, -0.25) is 0 Å². The number of carbonyl (C=O) groups excluding carboxylic acids is 1.